The number of hydrogen-bond donors (Lipinski definition) is 1. The first-order chi connectivity index (χ1) is 11.2. The van der Waals surface area contributed by atoms with Gasteiger partial charge in [-0.2, -0.15) is 0 Å². The highest BCUT2D eigenvalue weighted by Gasteiger charge is 2.40. The molecule has 0 bridgehead atoms. The summed E-state index contributed by atoms with van der Waals surface area (Å²) >= 11 is 0. The minimum absolute atomic E-state index is 0.0183. The molecule has 3 rings (SSSR count). The Kier molecular flexibility index (Phi) is 4.63. The molecule has 0 radical (unpaired) electrons. The number of carbonyl (C=O) groups is 1. The lowest BCUT2D eigenvalue weighted by atomic mass is 9.89. The van der Waals surface area contributed by atoms with E-state index in [1.54, 1.807) is 7.11 Å². The van der Waals surface area contributed by atoms with Crippen molar-refractivity contribution in [2.24, 2.45) is 5.92 Å². The van der Waals surface area contributed by atoms with E-state index >= 15 is 0 Å². The number of carbonyl (C=O) groups excluding carboxylic acids is 1. The third kappa shape index (κ3) is 3.22. The number of nitrogens with zero attached hydrogens (tertiary/aromatic N) is 1. The average Bonchev–Trinajstić information content (AvgIpc) is 2.92. The van der Waals surface area contributed by atoms with Crippen molar-refractivity contribution < 1.29 is 14.6 Å². The van der Waals surface area contributed by atoms with E-state index in [2.05, 4.69) is 0 Å². The van der Waals surface area contributed by atoms with Crippen molar-refractivity contribution >= 4 is 5.91 Å². The molecule has 23 heavy (non-hydrogen) atoms. The van der Waals surface area contributed by atoms with E-state index in [-0.39, 0.29) is 24.3 Å². The van der Waals surface area contributed by atoms with Crippen molar-refractivity contribution in [3.63, 3.8) is 0 Å². The van der Waals surface area contributed by atoms with Crippen LogP contribution in [0, 0.1) is 5.92 Å². The fraction of sp³-hybridized carbons (Fsp3) is 0.316. The third-order valence-electron chi connectivity index (χ3n) is 4.43. The fourth-order valence-electron chi connectivity index (χ4n) is 3.21. The number of methoxy groups -OCH3 is 1. The van der Waals surface area contributed by atoms with Crippen LogP contribution in [0.5, 0.6) is 5.75 Å². The summed E-state index contributed by atoms with van der Waals surface area (Å²) in [5, 5.41) is 9.67. The first-order valence-corrected chi connectivity index (χ1v) is 7.80. The van der Waals surface area contributed by atoms with Gasteiger partial charge in [-0.3, -0.25) is 4.79 Å². The zero-order valence-electron chi connectivity index (χ0n) is 13.2. The van der Waals surface area contributed by atoms with E-state index in [0.29, 0.717) is 13.1 Å². The van der Waals surface area contributed by atoms with Gasteiger partial charge in [0.15, 0.2) is 0 Å². The monoisotopic (exact) mass is 311 g/mol. The normalized spacial score (nSPS) is 20.8. The second-order valence-corrected chi connectivity index (χ2v) is 5.90. The standard InChI is InChI=1S/C19H21NO3/c1-23-17-9-7-14(8-10-17)11-20-12-16(13-21)18(19(20)22)15-5-3-2-4-6-15/h2-10,16,18,21H,11-13H2,1H3/t16-,18-/m0/s1. The number of benzene rings is 2. The molecule has 120 valence electrons. The summed E-state index contributed by atoms with van der Waals surface area (Å²) in [6, 6.07) is 17.5. The van der Waals surface area contributed by atoms with Gasteiger partial charge in [0.2, 0.25) is 5.91 Å². The molecule has 1 fully saturated rings. The van der Waals surface area contributed by atoms with Crippen LogP contribution >= 0.6 is 0 Å². The predicted octanol–water partition coefficient (Wildman–Crippen LogP) is 2.43. The molecule has 1 aliphatic heterocycles. The van der Waals surface area contributed by atoms with Gasteiger partial charge >= 0.3 is 0 Å². The van der Waals surface area contributed by atoms with Crippen molar-refractivity contribution in [1.29, 1.82) is 0 Å². The summed E-state index contributed by atoms with van der Waals surface area (Å²) in [7, 11) is 1.63. The summed E-state index contributed by atoms with van der Waals surface area (Å²) in [4.78, 5) is 14.6. The molecule has 4 nitrogen and oxygen atoms in total. The molecule has 0 saturated carbocycles. The van der Waals surface area contributed by atoms with Crippen LogP contribution in [-0.4, -0.2) is 36.2 Å². The number of likely N-dealkylation sites (tertiary alicyclic amines) is 1. The zero-order chi connectivity index (χ0) is 16.2. The Morgan fingerprint density at radius 1 is 1.13 bits per heavy atom. The van der Waals surface area contributed by atoms with Crippen LogP contribution in [0.3, 0.4) is 0 Å². The number of aliphatic hydroxyl groups excluding tert-OH is 1. The maximum absolute atomic E-state index is 12.8. The van der Waals surface area contributed by atoms with E-state index in [1.165, 1.54) is 0 Å². The largest absolute Gasteiger partial charge is 0.497 e. The third-order valence-corrected chi connectivity index (χ3v) is 4.43. The molecule has 2 atom stereocenters. The Hall–Kier alpha value is -2.33. The lowest BCUT2D eigenvalue weighted by Crippen LogP contribution is -2.26. The molecule has 1 heterocycles. The summed E-state index contributed by atoms with van der Waals surface area (Å²) in [5.74, 6) is 0.588. The molecule has 0 aliphatic carbocycles. The van der Waals surface area contributed by atoms with Gasteiger partial charge in [0, 0.05) is 25.6 Å². The summed E-state index contributed by atoms with van der Waals surface area (Å²) in [6.45, 7) is 1.16. The first-order valence-electron chi connectivity index (χ1n) is 7.80. The van der Waals surface area contributed by atoms with E-state index in [0.717, 1.165) is 16.9 Å². The molecule has 1 amide bonds. The molecule has 2 aromatic carbocycles. The highest BCUT2D eigenvalue weighted by Crippen LogP contribution is 2.34. The van der Waals surface area contributed by atoms with Crippen molar-refractivity contribution in [2.75, 3.05) is 20.3 Å². The van der Waals surface area contributed by atoms with Crippen LogP contribution in [0.2, 0.25) is 0 Å². The van der Waals surface area contributed by atoms with Crippen molar-refractivity contribution in [1.82, 2.24) is 4.90 Å². The molecule has 1 saturated heterocycles. The molecular formula is C19H21NO3. The number of ether oxygens (including phenoxy) is 1. The van der Waals surface area contributed by atoms with Gasteiger partial charge in [-0.15, -0.1) is 0 Å². The number of rotatable bonds is 5. The van der Waals surface area contributed by atoms with Crippen molar-refractivity contribution in [3.8, 4) is 5.75 Å². The summed E-state index contributed by atoms with van der Waals surface area (Å²) in [5.41, 5.74) is 2.04. The first kappa shape index (κ1) is 15.6. The summed E-state index contributed by atoms with van der Waals surface area (Å²) < 4.78 is 5.16. The topological polar surface area (TPSA) is 49.8 Å². The van der Waals surface area contributed by atoms with Gasteiger partial charge < -0.3 is 14.7 Å². The smallest absolute Gasteiger partial charge is 0.230 e. The number of hydrogen-bond acceptors (Lipinski definition) is 3. The SMILES string of the molecule is COc1ccc(CN2C[C@@H](CO)[C@H](c3ccccc3)C2=O)cc1. The zero-order valence-corrected chi connectivity index (χ0v) is 13.2. The van der Waals surface area contributed by atoms with Gasteiger partial charge in [-0.05, 0) is 23.3 Å². The molecule has 0 spiro atoms. The van der Waals surface area contributed by atoms with Gasteiger partial charge in [-0.25, -0.2) is 0 Å². The maximum atomic E-state index is 12.8. The van der Waals surface area contributed by atoms with Crippen LogP contribution in [0.15, 0.2) is 54.6 Å². The second kappa shape index (κ2) is 6.84. The van der Waals surface area contributed by atoms with Crippen molar-refractivity contribution in [2.45, 2.75) is 12.5 Å². The molecular weight excluding hydrogens is 290 g/mol. The number of amides is 1. The maximum Gasteiger partial charge on any atom is 0.230 e. The summed E-state index contributed by atoms with van der Waals surface area (Å²) in [6.07, 6.45) is 0. The van der Waals surface area contributed by atoms with E-state index in [1.807, 2.05) is 59.5 Å². The Balaban J connectivity index is 1.77. The highest BCUT2D eigenvalue weighted by atomic mass is 16.5. The minimum Gasteiger partial charge on any atom is -0.497 e. The minimum atomic E-state index is -0.251. The predicted molar refractivity (Wildman–Crippen MR) is 88.2 cm³/mol. The average molecular weight is 311 g/mol. The number of aliphatic hydroxyl groups is 1. The van der Waals surface area contributed by atoms with E-state index in [4.69, 9.17) is 4.74 Å². The molecule has 1 aliphatic rings. The van der Waals surface area contributed by atoms with Crippen LogP contribution in [0.1, 0.15) is 17.0 Å². The van der Waals surface area contributed by atoms with Gasteiger partial charge in [0.1, 0.15) is 5.75 Å². The van der Waals surface area contributed by atoms with Crippen LogP contribution in [-0.2, 0) is 11.3 Å². The Labute approximate surface area is 136 Å². The lowest BCUT2D eigenvalue weighted by Gasteiger charge is -2.17. The highest BCUT2D eigenvalue weighted by molar-refractivity contribution is 5.86. The molecule has 0 unspecified atom stereocenters. The Morgan fingerprint density at radius 3 is 2.43 bits per heavy atom. The van der Waals surface area contributed by atoms with Crippen LogP contribution in [0.25, 0.3) is 0 Å². The Morgan fingerprint density at radius 2 is 1.83 bits per heavy atom. The molecule has 1 N–H and O–H groups in total. The van der Waals surface area contributed by atoms with Gasteiger partial charge in [-0.1, -0.05) is 42.5 Å². The molecule has 0 aromatic heterocycles. The Bertz CT molecular complexity index is 654. The van der Waals surface area contributed by atoms with Gasteiger partial charge in [0.25, 0.3) is 0 Å². The molecule has 2 aromatic rings. The molecule has 4 heteroatoms. The lowest BCUT2D eigenvalue weighted by molar-refractivity contribution is -0.129. The second-order valence-electron chi connectivity index (χ2n) is 5.90. The quantitative estimate of drug-likeness (QED) is 0.922. The van der Waals surface area contributed by atoms with E-state index < -0.39 is 0 Å². The fourth-order valence-corrected chi connectivity index (χ4v) is 3.21. The van der Waals surface area contributed by atoms with Crippen molar-refractivity contribution in [3.05, 3.63) is 65.7 Å². The van der Waals surface area contributed by atoms with Crippen LogP contribution in [0.4, 0.5) is 0 Å². The van der Waals surface area contributed by atoms with Crippen LogP contribution < -0.4 is 4.74 Å². The van der Waals surface area contributed by atoms with E-state index in [9.17, 15) is 9.90 Å². The van der Waals surface area contributed by atoms with Gasteiger partial charge in [0.05, 0.1) is 13.0 Å².